The number of hydrogen-bond acceptors (Lipinski definition) is 10. The zero-order chi connectivity index (χ0) is 17.4. The number of anilines is 2. The highest BCUT2D eigenvalue weighted by atomic mass is 16.6. The molecule has 0 bridgehead atoms. The second-order valence-electron chi connectivity index (χ2n) is 5.22. The molecule has 8 N–H and O–H groups in total. The average molecular weight is 338 g/mol. The lowest BCUT2D eigenvalue weighted by Crippen LogP contribution is -2.42. The van der Waals surface area contributed by atoms with Gasteiger partial charge in [0.05, 0.1) is 6.33 Å². The van der Waals surface area contributed by atoms with Crippen LogP contribution in [0.2, 0.25) is 0 Å². The van der Waals surface area contributed by atoms with Crippen molar-refractivity contribution in [3.05, 3.63) is 6.33 Å². The highest BCUT2D eigenvalue weighted by Gasteiger charge is 2.47. The van der Waals surface area contributed by atoms with Crippen LogP contribution in [0.15, 0.2) is 6.33 Å². The lowest BCUT2D eigenvalue weighted by molar-refractivity contribution is -0.137. The van der Waals surface area contributed by atoms with Crippen LogP contribution in [0.25, 0.3) is 11.2 Å². The molecule has 1 aliphatic heterocycles. The fourth-order valence-corrected chi connectivity index (χ4v) is 2.57. The van der Waals surface area contributed by atoms with Crippen LogP contribution in [0, 0.1) is 0 Å². The van der Waals surface area contributed by atoms with Crippen molar-refractivity contribution in [2.24, 2.45) is 5.84 Å². The maximum atomic E-state index is 11.9. The van der Waals surface area contributed by atoms with Crippen molar-refractivity contribution >= 4 is 28.8 Å². The second-order valence-corrected chi connectivity index (χ2v) is 5.22. The van der Waals surface area contributed by atoms with E-state index >= 15 is 0 Å². The Bertz CT molecular complexity index is 765. The first-order chi connectivity index (χ1) is 11.5. The van der Waals surface area contributed by atoms with Crippen molar-refractivity contribution in [3.63, 3.8) is 0 Å². The number of rotatable bonds is 4. The lowest BCUT2D eigenvalue weighted by Gasteiger charge is -2.16. The first kappa shape index (κ1) is 16.3. The largest absolute Gasteiger partial charge is 0.387 e. The van der Waals surface area contributed by atoms with E-state index in [4.69, 9.17) is 16.3 Å². The van der Waals surface area contributed by atoms with Crippen molar-refractivity contribution in [1.82, 2.24) is 24.8 Å². The summed E-state index contributed by atoms with van der Waals surface area (Å²) in [6.45, 7) is 2.10. The summed E-state index contributed by atoms with van der Waals surface area (Å²) in [7, 11) is 0. The van der Waals surface area contributed by atoms with Crippen molar-refractivity contribution in [2.75, 3.05) is 17.7 Å². The molecule has 0 aliphatic carbocycles. The summed E-state index contributed by atoms with van der Waals surface area (Å²) in [5.41, 5.74) is 8.57. The molecule has 1 amide bonds. The Morgan fingerprint density at radius 3 is 2.83 bits per heavy atom. The van der Waals surface area contributed by atoms with Crippen LogP contribution < -0.4 is 22.3 Å². The molecule has 0 spiro atoms. The summed E-state index contributed by atoms with van der Waals surface area (Å²) in [6, 6.07) is 0. The molecule has 24 heavy (non-hydrogen) atoms. The van der Waals surface area contributed by atoms with Gasteiger partial charge in [-0.25, -0.2) is 10.8 Å². The monoisotopic (exact) mass is 338 g/mol. The Balaban J connectivity index is 1.98. The molecule has 0 aromatic carbocycles. The van der Waals surface area contributed by atoms with Crippen LogP contribution in [-0.4, -0.2) is 60.5 Å². The number of amides is 1. The van der Waals surface area contributed by atoms with Gasteiger partial charge in [0, 0.05) is 6.54 Å². The minimum absolute atomic E-state index is 0.0510. The number of ether oxygens (including phenoxy) is 1. The zero-order valence-corrected chi connectivity index (χ0v) is 12.7. The van der Waals surface area contributed by atoms with Crippen LogP contribution in [0.3, 0.4) is 0 Å². The molecule has 1 aliphatic rings. The lowest BCUT2D eigenvalue weighted by atomic mass is 10.1. The van der Waals surface area contributed by atoms with Gasteiger partial charge in [0.25, 0.3) is 5.91 Å². The molecule has 3 heterocycles. The Morgan fingerprint density at radius 2 is 2.17 bits per heavy atom. The van der Waals surface area contributed by atoms with Gasteiger partial charge in [0.15, 0.2) is 23.8 Å². The Hall–Kier alpha value is -2.54. The van der Waals surface area contributed by atoms with E-state index < -0.39 is 30.4 Å². The summed E-state index contributed by atoms with van der Waals surface area (Å²) in [6.07, 6.45) is -3.71. The number of aliphatic hydroxyl groups is 2. The molecule has 12 nitrogen and oxygen atoms in total. The Kier molecular flexibility index (Phi) is 4.19. The predicted octanol–water partition coefficient (Wildman–Crippen LogP) is -2.55. The van der Waals surface area contributed by atoms with E-state index in [0.29, 0.717) is 6.54 Å². The van der Waals surface area contributed by atoms with Gasteiger partial charge in [-0.3, -0.25) is 14.8 Å². The number of nitrogen functional groups attached to an aromatic ring is 2. The smallest absolute Gasteiger partial charge is 0.252 e. The number of carbonyl (C=O) groups is 1. The number of imidazole rings is 1. The molecule has 2 aromatic heterocycles. The summed E-state index contributed by atoms with van der Waals surface area (Å²) in [5.74, 6) is 4.91. The van der Waals surface area contributed by atoms with Gasteiger partial charge >= 0.3 is 0 Å². The molecule has 0 saturated carbocycles. The fourth-order valence-electron chi connectivity index (χ4n) is 2.57. The third-order valence-electron chi connectivity index (χ3n) is 3.70. The Morgan fingerprint density at radius 1 is 1.42 bits per heavy atom. The number of fused-ring (bicyclic) bond motifs is 1. The molecule has 12 heteroatoms. The normalized spacial score (nSPS) is 26.7. The summed E-state index contributed by atoms with van der Waals surface area (Å²) in [4.78, 5) is 24.0. The number of hydrazine groups is 1. The second kappa shape index (κ2) is 6.16. The van der Waals surface area contributed by atoms with Crippen molar-refractivity contribution in [1.29, 1.82) is 0 Å². The molecule has 130 valence electrons. The van der Waals surface area contributed by atoms with E-state index in [9.17, 15) is 15.0 Å². The molecule has 1 fully saturated rings. The molecule has 0 radical (unpaired) electrons. The van der Waals surface area contributed by atoms with Gasteiger partial charge in [-0.05, 0) is 6.92 Å². The number of aromatic nitrogens is 4. The maximum Gasteiger partial charge on any atom is 0.252 e. The summed E-state index contributed by atoms with van der Waals surface area (Å²) < 4.78 is 6.89. The van der Waals surface area contributed by atoms with Crippen LogP contribution in [0.1, 0.15) is 13.2 Å². The minimum atomic E-state index is -1.40. The highest BCUT2D eigenvalue weighted by Crippen LogP contribution is 2.32. The molecular formula is C12H18N8O4. The van der Waals surface area contributed by atoms with Crippen LogP contribution in [0.5, 0.6) is 0 Å². The van der Waals surface area contributed by atoms with E-state index in [2.05, 4.69) is 25.7 Å². The first-order valence-corrected chi connectivity index (χ1v) is 7.23. The van der Waals surface area contributed by atoms with Crippen LogP contribution >= 0.6 is 0 Å². The highest BCUT2D eigenvalue weighted by molar-refractivity contribution is 5.83. The van der Waals surface area contributed by atoms with Gasteiger partial charge in [0.1, 0.15) is 17.7 Å². The molecule has 0 unspecified atom stereocenters. The van der Waals surface area contributed by atoms with Gasteiger partial charge in [-0.15, -0.1) is 0 Å². The third-order valence-corrected chi connectivity index (χ3v) is 3.70. The quantitative estimate of drug-likeness (QED) is 0.256. The van der Waals surface area contributed by atoms with E-state index in [1.165, 1.54) is 10.9 Å². The number of aliphatic hydroxyl groups excluding tert-OH is 2. The molecule has 3 rings (SSSR count). The average Bonchev–Trinajstić information content (AvgIpc) is 3.10. The number of likely N-dealkylation sites (N-methyl/N-ethyl adjacent to an activating group) is 1. The molecule has 1 saturated heterocycles. The third kappa shape index (κ3) is 2.50. The number of hydrogen-bond donors (Lipinski definition) is 6. The van der Waals surface area contributed by atoms with E-state index in [1.807, 2.05) is 0 Å². The standard InChI is InChI=1S/C12H18N8O4/c1-2-15-10(23)7-5(21)6(22)11(24-7)20-3-16-4-8(13)17-12(19-14)18-9(4)20/h3,5-7,11,21-22H,2,14H2,1H3,(H,15,23)(H3,13,17,18,19)/t5-,6+,7-,11+/m0/s1. The van der Waals surface area contributed by atoms with Crippen molar-refractivity contribution in [3.8, 4) is 0 Å². The summed E-state index contributed by atoms with van der Waals surface area (Å²) >= 11 is 0. The molecular weight excluding hydrogens is 320 g/mol. The predicted molar refractivity (Wildman–Crippen MR) is 82.2 cm³/mol. The van der Waals surface area contributed by atoms with E-state index in [0.717, 1.165) is 0 Å². The SMILES string of the molecule is CCNC(=O)[C@H]1O[C@@H](n2cnc3c(N)nc(NN)nc32)[C@H](O)[C@@H]1O. The van der Waals surface area contributed by atoms with Crippen molar-refractivity contribution in [2.45, 2.75) is 31.5 Å². The first-order valence-electron chi connectivity index (χ1n) is 7.23. The van der Waals surface area contributed by atoms with Crippen molar-refractivity contribution < 1.29 is 19.7 Å². The van der Waals surface area contributed by atoms with Crippen LogP contribution in [-0.2, 0) is 9.53 Å². The number of carbonyl (C=O) groups excluding carboxylic acids is 1. The Labute approximate surface area is 135 Å². The molecule has 2 aromatic rings. The van der Waals surface area contributed by atoms with E-state index in [-0.39, 0.29) is 22.9 Å². The maximum absolute atomic E-state index is 11.9. The fraction of sp³-hybridized carbons (Fsp3) is 0.500. The minimum Gasteiger partial charge on any atom is -0.387 e. The number of nitrogens with zero attached hydrogens (tertiary/aromatic N) is 4. The van der Waals surface area contributed by atoms with Crippen LogP contribution in [0.4, 0.5) is 11.8 Å². The number of nitrogens with two attached hydrogens (primary N) is 2. The van der Waals surface area contributed by atoms with Gasteiger partial charge in [-0.2, -0.15) is 9.97 Å². The summed E-state index contributed by atoms with van der Waals surface area (Å²) in [5, 5.41) is 22.9. The van der Waals surface area contributed by atoms with Gasteiger partial charge in [-0.1, -0.05) is 0 Å². The van der Waals surface area contributed by atoms with E-state index in [1.54, 1.807) is 6.92 Å². The van der Waals surface area contributed by atoms with Gasteiger partial charge < -0.3 is 26.0 Å². The number of nitrogens with one attached hydrogen (secondary N) is 2. The zero-order valence-electron chi connectivity index (χ0n) is 12.7. The van der Waals surface area contributed by atoms with Gasteiger partial charge in [0.2, 0.25) is 5.95 Å². The molecule has 4 atom stereocenters. The topological polar surface area (TPSA) is 186 Å².